The number of imidazole rings is 1. The predicted molar refractivity (Wildman–Crippen MR) is 103 cm³/mol. The third kappa shape index (κ3) is 4.86. The smallest absolute Gasteiger partial charge is 0.236 e. The average molecular weight is 396 g/mol. The minimum Gasteiger partial charge on any atom is -0.497 e. The number of benzene rings is 1. The second-order valence-corrected chi connectivity index (χ2v) is 7.77. The van der Waals surface area contributed by atoms with Gasteiger partial charge in [-0.1, -0.05) is 30.4 Å². The SMILES string of the molecule is CCCSc1nsc(NC(=O)CSc2nc3ccc(OC)cc3[nH]2)n1. The second-order valence-electron chi connectivity index (χ2n) is 4.99. The number of aromatic amines is 1. The summed E-state index contributed by atoms with van der Waals surface area (Å²) in [7, 11) is 1.62. The molecule has 25 heavy (non-hydrogen) atoms. The van der Waals surface area contributed by atoms with E-state index < -0.39 is 0 Å². The molecule has 0 aliphatic rings. The third-order valence-corrected chi connectivity index (χ3v) is 5.77. The monoisotopic (exact) mass is 395 g/mol. The molecule has 0 aliphatic heterocycles. The quantitative estimate of drug-likeness (QED) is 0.562. The van der Waals surface area contributed by atoms with Crippen molar-refractivity contribution in [1.29, 1.82) is 0 Å². The van der Waals surface area contributed by atoms with Crippen LogP contribution in [0.5, 0.6) is 5.75 Å². The van der Waals surface area contributed by atoms with E-state index in [1.165, 1.54) is 23.3 Å². The minimum atomic E-state index is -0.133. The van der Waals surface area contributed by atoms with E-state index in [9.17, 15) is 4.79 Å². The summed E-state index contributed by atoms with van der Waals surface area (Å²) in [5, 5.41) is 4.70. The first-order valence-electron chi connectivity index (χ1n) is 7.61. The molecule has 0 saturated heterocycles. The standard InChI is InChI=1S/C15H17N5O2S3/c1-3-6-23-15-19-14(25-20-15)18-12(21)8-24-13-16-10-5-4-9(22-2)7-11(10)17-13/h4-5,7H,3,6,8H2,1-2H3,(H,16,17)(H,18,19,20,21). The van der Waals surface area contributed by atoms with Crippen LogP contribution in [0.1, 0.15) is 13.3 Å². The van der Waals surface area contributed by atoms with Gasteiger partial charge in [0.2, 0.25) is 16.2 Å². The molecule has 1 amide bonds. The molecule has 2 aromatic heterocycles. The lowest BCUT2D eigenvalue weighted by atomic mass is 10.3. The van der Waals surface area contributed by atoms with Crippen LogP contribution in [0.15, 0.2) is 28.5 Å². The number of fused-ring (bicyclic) bond motifs is 1. The fraction of sp³-hybridized carbons (Fsp3) is 0.333. The molecule has 0 atom stereocenters. The largest absolute Gasteiger partial charge is 0.497 e. The Morgan fingerprint density at radius 3 is 3.04 bits per heavy atom. The van der Waals surface area contributed by atoms with Gasteiger partial charge in [-0.3, -0.25) is 10.1 Å². The zero-order valence-electron chi connectivity index (χ0n) is 13.7. The van der Waals surface area contributed by atoms with Crippen molar-refractivity contribution >= 4 is 57.1 Å². The molecule has 10 heteroatoms. The van der Waals surface area contributed by atoms with Crippen molar-refractivity contribution in [3.8, 4) is 5.75 Å². The van der Waals surface area contributed by atoms with E-state index in [4.69, 9.17) is 4.74 Å². The lowest BCUT2D eigenvalue weighted by Gasteiger charge is -1.99. The zero-order valence-corrected chi connectivity index (χ0v) is 16.2. The summed E-state index contributed by atoms with van der Waals surface area (Å²) in [5.41, 5.74) is 1.72. The van der Waals surface area contributed by atoms with E-state index in [0.717, 1.165) is 29.0 Å². The summed E-state index contributed by atoms with van der Waals surface area (Å²) >= 11 is 4.13. The number of H-pyrrole nitrogens is 1. The molecule has 3 aromatic rings. The molecule has 0 bridgehead atoms. The maximum absolute atomic E-state index is 12.1. The number of rotatable bonds is 8. The molecule has 2 N–H and O–H groups in total. The van der Waals surface area contributed by atoms with E-state index in [1.54, 1.807) is 18.9 Å². The number of carbonyl (C=O) groups excluding carboxylic acids is 1. The van der Waals surface area contributed by atoms with Crippen LogP contribution in [-0.2, 0) is 4.79 Å². The highest BCUT2D eigenvalue weighted by Gasteiger charge is 2.11. The predicted octanol–water partition coefficient (Wildman–Crippen LogP) is 3.66. The normalized spacial score (nSPS) is 11.0. The van der Waals surface area contributed by atoms with Gasteiger partial charge in [0, 0.05) is 23.4 Å². The van der Waals surface area contributed by atoms with Crippen LogP contribution in [-0.4, -0.2) is 43.8 Å². The summed E-state index contributed by atoms with van der Waals surface area (Å²) in [6.45, 7) is 2.10. The molecular formula is C15H17N5O2S3. The maximum Gasteiger partial charge on any atom is 0.236 e. The van der Waals surface area contributed by atoms with Gasteiger partial charge in [-0.25, -0.2) is 4.98 Å². The van der Waals surface area contributed by atoms with Gasteiger partial charge < -0.3 is 9.72 Å². The molecule has 0 spiro atoms. The number of anilines is 1. The Hall–Kier alpha value is -1.78. The first-order chi connectivity index (χ1) is 12.2. The molecule has 2 heterocycles. The van der Waals surface area contributed by atoms with Crippen molar-refractivity contribution in [3.05, 3.63) is 18.2 Å². The minimum absolute atomic E-state index is 0.133. The van der Waals surface area contributed by atoms with Gasteiger partial charge in [0.25, 0.3) is 0 Å². The van der Waals surface area contributed by atoms with Crippen LogP contribution in [0, 0.1) is 0 Å². The highest BCUT2D eigenvalue weighted by atomic mass is 32.2. The Morgan fingerprint density at radius 2 is 2.24 bits per heavy atom. The van der Waals surface area contributed by atoms with Crippen molar-refractivity contribution in [2.24, 2.45) is 0 Å². The molecule has 0 aliphatic carbocycles. The van der Waals surface area contributed by atoms with Crippen LogP contribution >= 0.6 is 35.1 Å². The van der Waals surface area contributed by atoms with Crippen molar-refractivity contribution in [3.63, 3.8) is 0 Å². The molecule has 7 nitrogen and oxygen atoms in total. The van der Waals surface area contributed by atoms with Gasteiger partial charge in [0.1, 0.15) is 5.75 Å². The molecular weight excluding hydrogens is 378 g/mol. The summed E-state index contributed by atoms with van der Waals surface area (Å²) in [6, 6.07) is 5.61. The van der Waals surface area contributed by atoms with E-state index >= 15 is 0 Å². The first kappa shape index (κ1) is 18.0. The molecule has 132 valence electrons. The van der Waals surface area contributed by atoms with Gasteiger partial charge >= 0.3 is 0 Å². The Labute approximate surface area is 157 Å². The summed E-state index contributed by atoms with van der Waals surface area (Å²) in [5.74, 6) is 1.84. The number of nitrogens with one attached hydrogen (secondary N) is 2. The van der Waals surface area contributed by atoms with Crippen molar-refractivity contribution in [2.45, 2.75) is 23.7 Å². The summed E-state index contributed by atoms with van der Waals surface area (Å²) in [4.78, 5) is 24.0. The number of thioether (sulfide) groups is 2. The lowest BCUT2D eigenvalue weighted by molar-refractivity contribution is -0.113. The van der Waals surface area contributed by atoms with Crippen molar-refractivity contribution in [2.75, 3.05) is 23.9 Å². The molecule has 0 fully saturated rings. The van der Waals surface area contributed by atoms with Crippen LogP contribution in [0.4, 0.5) is 5.13 Å². The number of carbonyl (C=O) groups is 1. The molecule has 0 saturated carbocycles. The highest BCUT2D eigenvalue weighted by molar-refractivity contribution is 7.99. The number of methoxy groups -OCH3 is 1. The van der Waals surface area contributed by atoms with E-state index in [-0.39, 0.29) is 11.7 Å². The van der Waals surface area contributed by atoms with Crippen LogP contribution in [0.3, 0.4) is 0 Å². The Bertz CT molecular complexity index is 864. The Morgan fingerprint density at radius 1 is 1.36 bits per heavy atom. The van der Waals surface area contributed by atoms with E-state index in [2.05, 4.69) is 31.6 Å². The number of amides is 1. The lowest BCUT2D eigenvalue weighted by Crippen LogP contribution is -2.13. The average Bonchev–Trinajstić information content (AvgIpc) is 3.23. The highest BCUT2D eigenvalue weighted by Crippen LogP contribution is 2.24. The third-order valence-electron chi connectivity index (χ3n) is 3.10. The maximum atomic E-state index is 12.1. The van der Waals surface area contributed by atoms with Gasteiger partial charge in [0.05, 0.1) is 23.9 Å². The van der Waals surface area contributed by atoms with Gasteiger partial charge in [-0.2, -0.15) is 9.36 Å². The fourth-order valence-corrected chi connectivity index (χ4v) is 4.06. The summed E-state index contributed by atoms with van der Waals surface area (Å²) < 4.78 is 9.40. The van der Waals surface area contributed by atoms with Crippen molar-refractivity contribution in [1.82, 2.24) is 19.3 Å². The van der Waals surface area contributed by atoms with Crippen molar-refractivity contribution < 1.29 is 9.53 Å². The molecule has 0 unspecified atom stereocenters. The first-order valence-corrected chi connectivity index (χ1v) is 10.4. The number of hydrogen-bond donors (Lipinski definition) is 2. The van der Waals surface area contributed by atoms with Gasteiger partial charge in [0.15, 0.2) is 5.16 Å². The van der Waals surface area contributed by atoms with Gasteiger partial charge in [-0.05, 0) is 18.6 Å². The topological polar surface area (TPSA) is 92.8 Å². The number of ether oxygens (including phenoxy) is 1. The van der Waals surface area contributed by atoms with Crippen LogP contribution in [0.25, 0.3) is 11.0 Å². The van der Waals surface area contributed by atoms with E-state index in [1.807, 2.05) is 18.2 Å². The number of nitrogens with zero attached hydrogens (tertiary/aromatic N) is 3. The number of hydrogen-bond acceptors (Lipinski definition) is 8. The van der Waals surface area contributed by atoms with Gasteiger partial charge in [-0.15, -0.1) is 0 Å². The second kappa shape index (κ2) is 8.54. The molecule has 1 aromatic carbocycles. The van der Waals surface area contributed by atoms with Crippen LogP contribution in [0.2, 0.25) is 0 Å². The fourth-order valence-electron chi connectivity index (χ4n) is 1.96. The van der Waals surface area contributed by atoms with Crippen LogP contribution < -0.4 is 10.1 Å². The Balaban J connectivity index is 1.54. The summed E-state index contributed by atoms with van der Waals surface area (Å²) in [6.07, 6.45) is 1.06. The molecule has 0 radical (unpaired) electrons. The van der Waals surface area contributed by atoms with E-state index in [0.29, 0.717) is 15.4 Å². The number of aromatic nitrogens is 4. The zero-order chi connectivity index (χ0) is 17.6. The Kier molecular flexibility index (Phi) is 6.16. The molecule has 3 rings (SSSR count).